The van der Waals surface area contributed by atoms with Crippen molar-refractivity contribution < 1.29 is 23.8 Å². The Morgan fingerprint density at radius 3 is 2.65 bits per heavy atom. The number of benzene rings is 2. The summed E-state index contributed by atoms with van der Waals surface area (Å²) in [7, 11) is 2.77. The predicted octanol–water partition coefficient (Wildman–Crippen LogP) is 3.83. The van der Waals surface area contributed by atoms with Gasteiger partial charge in [-0.05, 0) is 24.3 Å². The smallest absolute Gasteiger partial charge is 0.255 e. The number of nitrogens with one attached hydrogen (secondary N) is 1. The maximum Gasteiger partial charge on any atom is 0.255 e. The van der Waals surface area contributed by atoms with Gasteiger partial charge in [0.05, 0.1) is 26.1 Å². The Kier molecular flexibility index (Phi) is 5.28. The van der Waals surface area contributed by atoms with Gasteiger partial charge in [0.15, 0.2) is 16.9 Å². The first kappa shape index (κ1) is 20.0. The van der Waals surface area contributed by atoms with Gasteiger partial charge in [0.1, 0.15) is 16.7 Å². The number of fused-ring (bicyclic) bond motifs is 1. The monoisotopic (exact) mass is 418 g/mol. The molecular formula is C23H18N2O6. The first-order chi connectivity index (χ1) is 15.0. The van der Waals surface area contributed by atoms with Crippen molar-refractivity contribution in [3.05, 3.63) is 76.7 Å². The predicted molar refractivity (Wildman–Crippen MR) is 115 cm³/mol. The number of methoxy groups -OCH3 is 2. The number of aromatic hydroxyl groups is 1. The van der Waals surface area contributed by atoms with E-state index >= 15 is 0 Å². The highest BCUT2D eigenvalue weighted by Gasteiger charge is 2.19. The summed E-state index contributed by atoms with van der Waals surface area (Å²) in [5.41, 5.74) is 1.13. The molecule has 0 aliphatic rings. The van der Waals surface area contributed by atoms with E-state index in [-0.39, 0.29) is 39.9 Å². The number of ether oxygens (including phenoxy) is 2. The molecule has 31 heavy (non-hydrogen) atoms. The van der Waals surface area contributed by atoms with E-state index in [1.54, 1.807) is 42.6 Å². The molecular weight excluding hydrogens is 400 g/mol. The van der Waals surface area contributed by atoms with Crippen LogP contribution in [0.15, 0.2) is 70.1 Å². The SMILES string of the molecule is COc1cc2oc(-c3cccc(C(=O)Nc4cccnc4)c3)cc(=O)c2c(O)c1OC. The third kappa shape index (κ3) is 3.78. The normalized spacial score (nSPS) is 10.6. The fourth-order valence-electron chi connectivity index (χ4n) is 3.21. The van der Waals surface area contributed by atoms with Gasteiger partial charge in [-0.15, -0.1) is 0 Å². The molecule has 8 heteroatoms. The van der Waals surface area contributed by atoms with Crippen LogP contribution in [0.2, 0.25) is 0 Å². The molecule has 4 aromatic rings. The number of hydrogen-bond donors (Lipinski definition) is 2. The fourth-order valence-corrected chi connectivity index (χ4v) is 3.21. The molecule has 2 N–H and O–H groups in total. The first-order valence-electron chi connectivity index (χ1n) is 9.25. The third-order valence-electron chi connectivity index (χ3n) is 4.67. The highest BCUT2D eigenvalue weighted by atomic mass is 16.5. The molecule has 0 unspecified atom stereocenters. The minimum Gasteiger partial charge on any atom is -0.504 e. The average Bonchev–Trinajstić information content (AvgIpc) is 2.79. The lowest BCUT2D eigenvalue weighted by atomic mass is 10.1. The summed E-state index contributed by atoms with van der Waals surface area (Å²) in [5.74, 6) is -0.189. The number of hydrogen-bond acceptors (Lipinski definition) is 7. The second-order valence-electron chi connectivity index (χ2n) is 6.59. The van der Waals surface area contributed by atoms with Crippen molar-refractivity contribution in [2.45, 2.75) is 0 Å². The quantitative estimate of drug-likeness (QED) is 0.507. The molecule has 0 saturated heterocycles. The van der Waals surface area contributed by atoms with Crippen LogP contribution in [-0.4, -0.2) is 30.2 Å². The number of pyridine rings is 1. The molecule has 0 aliphatic carbocycles. The molecule has 2 heterocycles. The van der Waals surface area contributed by atoms with Crippen LogP contribution in [-0.2, 0) is 0 Å². The van der Waals surface area contributed by atoms with Gasteiger partial charge in [-0.25, -0.2) is 0 Å². The van der Waals surface area contributed by atoms with E-state index in [0.717, 1.165) is 0 Å². The van der Waals surface area contributed by atoms with E-state index in [2.05, 4.69) is 10.3 Å². The summed E-state index contributed by atoms with van der Waals surface area (Å²) in [6.45, 7) is 0. The number of nitrogens with zero attached hydrogens (tertiary/aromatic N) is 1. The number of carbonyl (C=O) groups excluding carboxylic acids is 1. The maximum absolute atomic E-state index is 12.7. The van der Waals surface area contributed by atoms with Gasteiger partial charge < -0.3 is 24.3 Å². The molecule has 8 nitrogen and oxygen atoms in total. The van der Waals surface area contributed by atoms with Crippen LogP contribution >= 0.6 is 0 Å². The molecule has 0 spiro atoms. The largest absolute Gasteiger partial charge is 0.504 e. The number of amides is 1. The molecule has 0 atom stereocenters. The average molecular weight is 418 g/mol. The Hall–Kier alpha value is -4.33. The number of aromatic nitrogens is 1. The van der Waals surface area contributed by atoms with Gasteiger partial charge in [0.2, 0.25) is 5.75 Å². The van der Waals surface area contributed by atoms with Crippen molar-refractivity contribution in [2.24, 2.45) is 0 Å². The van der Waals surface area contributed by atoms with Gasteiger partial charge in [-0.3, -0.25) is 14.6 Å². The first-order valence-corrected chi connectivity index (χ1v) is 9.25. The standard InChI is InChI=1S/C23H18N2O6/c1-29-19-11-18-20(21(27)22(19)30-2)16(26)10-17(31-18)13-5-3-6-14(9-13)23(28)25-15-7-4-8-24-12-15/h3-12,27H,1-2H3,(H,25,28). The molecule has 0 radical (unpaired) electrons. The van der Waals surface area contributed by atoms with E-state index < -0.39 is 5.43 Å². The highest BCUT2D eigenvalue weighted by molar-refractivity contribution is 6.04. The van der Waals surface area contributed by atoms with E-state index in [4.69, 9.17) is 13.9 Å². The van der Waals surface area contributed by atoms with Gasteiger partial charge >= 0.3 is 0 Å². The highest BCUT2D eigenvalue weighted by Crippen LogP contribution is 2.42. The van der Waals surface area contributed by atoms with E-state index in [1.807, 2.05) is 0 Å². The number of phenols is 1. The summed E-state index contributed by atoms with van der Waals surface area (Å²) >= 11 is 0. The molecule has 0 fully saturated rings. The summed E-state index contributed by atoms with van der Waals surface area (Å²) < 4.78 is 16.2. The number of rotatable bonds is 5. The number of carbonyl (C=O) groups is 1. The maximum atomic E-state index is 12.7. The van der Waals surface area contributed by atoms with Gasteiger partial charge in [0.25, 0.3) is 5.91 Å². The van der Waals surface area contributed by atoms with Gasteiger partial charge in [0, 0.05) is 29.5 Å². The van der Waals surface area contributed by atoms with E-state index in [9.17, 15) is 14.7 Å². The van der Waals surface area contributed by atoms with Gasteiger partial charge in [-0.1, -0.05) is 12.1 Å². The molecule has 2 aromatic heterocycles. The topological polar surface area (TPSA) is 111 Å². The van der Waals surface area contributed by atoms with Crippen molar-refractivity contribution in [1.82, 2.24) is 4.98 Å². The minimum atomic E-state index is -0.458. The van der Waals surface area contributed by atoms with Crippen LogP contribution < -0.4 is 20.2 Å². The Balaban J connectivity index is 1.76. The Morgan fingerprint density at radius 1 is 1.10 bits per heavy atom. The fraction of sp³-hybridized carbons (Fsp3) is 0.0870. The number of anilines is 1. The van der Waals surface area contributed by atoms with Gasteiger partial charge in [-0.2, -0.15) is 0 Å². The van der Waals surface area contributed by atoms with Crippen molar-refractivity contribution in [3.63, 3.8) is 0 Å². The molecule has 0 saturated carbocycles. The molecule has 156 valence electrons. The second-order valence-corrected chi connectivity index (χ2v) is 6.59. The zero-order valence-corrected chi connectivity index (χ0v) is 16.7. The van der Waals surface area contributed by atoms with Crippen LogP contribution in [0, 0.1) is 0 Å². The lowest BCUT2D eigenvalue weighted by Crippen LogP contribution is -2.12. The summed E-state index contributed by atoms with van der Waals surface area (Å²) in [4.78, 5) is 29.3. The molecule has 4 rings (SSSR count). The molecule has 0 bridgehead atoms. The van der Waals surface area contributed by atoms with Crippen molar-refractivity contribution in [2.75, 3.05) is 19.5 Å². The van der Waals surface area contributed by atoms with Crippen molar-refractivity contribution >= 4 is 22.6 Å². The van der Waals surface area contributed by atoms with Crippen LogP contribution in [0.25, 0.3) is 22.3 Å². The summed E-state index contributed by atoms with van der Waals surface area (Å²) in [5, 5.41) is 13.2. The zero-order valence-electron chi connectivity index (χ0n) is 16.7. The minimum absolute atomic E-state index is 0.0214. The van der Waals surface area contributed by atoms with Crippen molar-refractivity contribution in [3.8, 4) is 28.6 Å². The van der Waals surface area contributed by atoms with Crippen molar-refractivity contribution in [1.29, 1.82) is 0 Å². The Bertz CT molecular complexity index is 1330. The lowest BCUT2D eigenvalue weighted by Gasteiger charge is -2.12. The Labute approximate surface area is 176 Å². The lowest BCUT2D eigenvalue weighted by molar-refractivity contribution is 0.102. The number of phenolic OH excluding ortho intramolecular Hbond substituents is 1. The van der Waals surface area contributed by atoms with Crippen LogP contribution in [0.4, 0.5) is 5.69 Å². The van der Waals surface area contributed by atoms with Crippen LogP contribution in [0.1, 0.15) is 10.4 Å². The molecule has 1 amide bonds. The van der Waals surface area contributed by atoms with Crippen LogP contribution in [0.3, 0.4) is 0 Å². The summed E-state index contributed by atoms with van der Waals surface area (Å²) in [6, 6.07) is 12.8. The Morgan fingerprint density at radius 2 is 1.94 bits per heavy atom. The zero-order chi connectivity index (χ0) is 22.0. The summed E-state index contributed by atoms with van der Waals surface area (Å²) in [6.07, 6.45) is 3.15. The second kappa shape index (κ2) is 8.19. The third-order valence-corrected chi connectivity index (χ3v) is 4.67. The van der Waals surface area contributed by atoms with E-state index in [0.29, 0.717) is 16.8 Å². The van der Waals surface area contributed by atoms with E-state index in [1.165, 1.54) is 32.5 Å². The van der Waals surface area contributed by atoms with Crippen LogP contribution in [0.5, 0.6) is 17.2 Å². The molecule has 2 aromatic carbocycles. The molecule has 0 aliphatic heterocycles.